The van der Waals surface area contributed by atoms with Crippen LogP contribution in [-0.2, 0) is 38.9 Å². The van der Waals surface area contributed by atoms with Gasteiger partial charge in [-0.2, -0.15) is 0 Å². The van der Waals surface area contributed by atoms with Crippen LogP contribution in [0.5, 0.6) is 0 Å². The van der Waals surface area contributed by atoms with E-state index >= 15 is 0 Å². The Labute approximate surface area is 103 Å². The van der Waals surface area contributed by atoms with Crippen molar-refractivity contribution >= 4 is 6.29 Å². The Kier molecular flexibility index (Phi) is 27.5. The summed E-state index contributed by atoms with van der Waals surface area (Å²) >= 11 is 0. The van der Waals surface area contributed by atoms with Crippen molar-refractivity contribution in [1.82, 2.24) is 0 Å². The number of aldehydes is 1. The van der Waals surface area contributed by atoms with Crippen molar-refractivity contribution in [3.63, 3.8) is 0 Å². The van der Waals surface area contributed by atoms with E-state index in [0.717, 1.165) is 19.1 Å². The molecule has 82 valence electrons. The fraction of sp³-hybridized carbons (Fsp3) is 0.900. The molecule has 0 rings (SSSR count). The molecule has 0 spiro atoms. The molecule has 0 aliphatic carbocycles. The summed E-state index contributed by atoms with van der Waals surface area (Å²) in [6.07, 6.45) is 10.8. The first-order valence-corrected chi connectivity index (χ1v) is 4.85. The standard InChI is InChI=1S/C10H20O.2Fe/c1-2-3-4-5-6-7-8-9-10-11;;/h10H,2-9H2,1H3;;. The van der Waals surface area contributed by atoms with Gasteiger partial charge in [0.25, 0.3) is 0 Å². The van der Waals surface area contributed by atoms with Gasteiger partial charge in [-0.05, 0) is 6.42 Å². The zero-order valence-corrected chi connectivity index (χ0v) is 10.6. The molecule has 0 atom stereocenters. The third kappa shape index (κ3) is 19.2. The molecule has 0 saturated carbocycles. The monoisotopic (exact) mass is 268 g/mol. The smallest absolute Gasteiger partial charge is 0.119 e. The Bertz CT molecular complexity index is 87.0. The summed E-state index contributed by atoms with van der Waals surface area (Å²) in [6.45, 7) is 2.23. The van der Waals surface area contributed by atoms with Gasteiger partial charge in [0.1, 0.15) is 6.29 Å². The van der Waals surface area contributed by atoms with Gasteiger partial charge in [0.15, 0.2) is 0 Å². The van der Waals surface area contributed by atoms with Crippen LogP contribution in [0.15, 0.2) is 0 Å². The van der Waals surface area contributed by atoms with Crippen LogP contribution < -0.4 is 0 Å². The van der Waals surface area contributed by atoms with Crippen molar-refractivity contribution in [2.45, 2.75) is 58.3 Å². The van der Waals surface area contributed by atoms with Gasteiger partial charge >= 0.3 is 0 Å². The van der Waals surface area contributed by atoms with Crippen LogP contribution in [0.25, 0.3) is 0 Å². The van der Waals surface area contributed by atoms with Crippen LogP contribution in [0.3, 0.4) is 0 Å². The van der Waals surface area contributed by atoms with E-state index in [1.165, 1.54) is 38.5 Å². The van der Waals surface area contributed by atoms with Crippen LogP contribution in [0.2, 0.25) is 0 Å². The third-order valence-corrected chi connectivity index (χ3v) is 1.93. The van der Waals surface area contributed by atoms with Crippen molar-refractivity contribution < 1.29 is 38.9 Å². The molecule has 3 heteroatoms. The molecule has 0 fully saturated rings. The Morgan fingerprint density at radius 2 is 1.31 bits per heavy atom. The molecule has 0 aliphatic rings. The molecule has 0 unspecified atom stereocenters. The fourth-order valence-corrected chi connectivity index (χ4v) is 1.18. The predicted octanol–water partition coefficient (Wildman–Crippen LogP) is 3.32. The van der Waals surface area contributed by atoms with E-state index in [0.29, 0.717) is 0 Å². The van der Waals surface area contributed by atoms with E-state index in [2.05, 4.69) is 6.92 Å². The minimum Gasteiger partial charge on any atom is -0.303 e. The van der Waals surface area contributed by atoms with Crippen molar-refractivity contribution in [2.24, 2.45) is 0 Å². The fourth-order valence-electron chi connectivity index (χ4n) is 1.18. The molecule has 0 bridgehead atoms. The van der Waals surface area contributed by atoms with Gasteiger partial charge in [-0.15, -0.1) is 0 Å². The quantitative estimate of drug-likeness (QED) is 0.375. The zero-order valence-electron chi connectivity index (χ0n) is 8.35. The summed E-state index contributed by atoms with van der Waals surface area (Å²) in [5, 5.41) is 0. The summed E-state index contributed by atoms with van der Waals surface area (Å²) in [4.78, 5) is 9.94. The first-order chi connectivity index (χ1) is 5.41. The van der Waals surface area contributed by atoms with Crippen LogP contribution in [0.1, 0.15) is 58.3 Å². The summed E-state index contributed by atoms with van der Waals surface area (Å²) < 4.78 is 0. The predicted molar refractivity (Wildman–Crippen MR) is 48.7 cm³/mol. The molecule has 0 aromatic carbocycles. The van der Waals surface area contributed by atoms with Crippen molar-refractivity contribution in [3.8, 4) is 0 Å². The van der Waals surface area contributed by atoms with E-state index in [9.17, 15) is 4.79 Å². The third-order valence-electron chi connectivity index (χ3n) is 1.93. The normalized spacial score (nSPS) is 8.38. The molecule has 0 heterocycles. The molecular weight excluding hydrogens is 248 g/mol. The number of unbranched alkanes of at least 4 members (excludes halogenated alkanes) is 7. The molecule has 0 aromatic heterocycles. The van der Waals surface area contributed by atoms with Gasteiger partial charge in [-0.25, -0.2) is 0 Å². The average Bonchev–Trinajstić information content (AvgIpc) is 2.03. The molecule has 0 aliphatic heterocycles. The number of hydrogen-bond acceptors (Lipinski definition) is 1. The minimum atomic E-state index is 0. The van der Waals surface area contributed by atoms with Crippen LogP contribution in [0, 0.1) is 0 Å². The van der Waals surface area contributed by atoms with E-state index < -0.39 is 0 Å². The number of hydrogen-bond donors (Lipinski definition) is 0. The maximum Gasteiger partial charge on any atom is 0.119 e. The van der Waals surface area contributed by atoms with Crippen LogP contribution in [0.4, 0.5) is 0 Å². The number of carbonyl (C=O) groups is 1. The van der Waals surface area contributed by atoms with Gasteiger partial charge < -0.3 is 4.79 Å². The van der Waals surface area contributed by atoms with E-state index in [4.69, 9.17) is 0 Å². The first-order valence-electron chi connectivity index (χ1n) is 4.85. The Hall–Kier alpha value is 0.709. The zero-order chi connectivity index (χ0) is 8.36. The maximum absolute atomic E-state index is 9.94. The number of carbonyl (C=O) groups excluding carboxylic acids is 1. The van der Waals surface area contributed by atoms with Gasteiger partial charge in [0.05, 0.1) is 0 Å². The van der Waals surface area contributed by atoms with E-state index in [1.54, 1.807) is 0 Å². The molecule has 0 saturated heterocycles. The first kappa shape index (κ1) is 19.3. The van der Waals surface area contributed by atoms with Crippen molar-refractivity contribution in [2.75, 3.05) is 0 Å². The molecular formula is C10H20Fe2O. The molecule has 0 amide bonds. The van der Waals surface area contributed by atoms with Gasteiger partial charge in [0.2, 0.25) is 0 Å². The SMILES string of the molecule is CCCCCCCCCC=O.[Fe].[Fe]. The Morgan fingerprint density at radius 3 is 1.77 bits per heavy atom. The van der Waals surface area contributed by atoms with Crippen molar-refractivity contribution in [3.05, 3.63) is 0 Å². The summed E-state index contributed by atoms with van der Waals surface area (Å²) in [5.41, 5.74) is 0. The Morgan fingerprint density at radius 1 is 0.846 bits per heavy atom. The van der Waals surface area contributed by atoms with Crippen molar-refractivity contribution in [1.29, 1.82) is 0 Å². The van der Waals surface area contributed by atoms with Gasteiger partial charge in [-0.1, -0.05) is 45.4 Å². The van der Waals surface area contributed by atoms with Gasteiger partial charge in [0, 0.05) is 40.6 Å². The number of rotatable bonds is 8. The average molecular weight is 268 g/mol. The molecule has 0 aromatic rings. The second kappa shape index (κ2) is 18.5. The second-order valence-corrected chi connectivity index (χ2v) is 3.08. The maximum atomic E-state index is 9.94. The largest absolute Gasteiger partial charge is 0.303 e. The summed E-state index contributed by atoms with van der Waals surface area (Å²) in [6, 6.07) is 0. The van der Waals surface area contributed by atoms with Gasteiger partial charge in [-0.3, -0.25) is 0 Å². The van der Waals surface area contributed by atoms with E-state index in [-0.39, 0.29) is 34.1 Å². The Balaban J connectivity index is -0.000000500. The van der Waals surface area contributed by atoms with E-state index in [1.807, 2.05) is 0 Å². The van der Waals surface area contributed by atoms with Crippen LogP contribution >= 0.6 is 0 Å². The minimum absolute atomic E-state index is 0. The topological polar surface area (TPSA) is 17.1 Å². The molecule has 13 heavy (non-hydrogen) atoms. The molecule has 1 nitrogen and oxygen atoms in total. The molecule has 0 N–H and O–H groups in total. The van der Waals surface area contributed by atoms with Crippen LogP contribution in [-0.4, -0.2) is 6.29 Å². The second-order valence-electron chi connectivity index (χ2n) is 3.08. The summed E-state index contributed by atoms with van der Waals surface area (Å²) in [7, 11) is 0. The molecule has 0 radical (unpaired) electrons. The summed E-state index contributed by atoms with van der Waals surface area (Å²) in [5.74, 6) is 0.